The van der Waals surface area contributed by atoms with Crippen LogP contribution in [0.5, 0.6) is 0 Å². The Morgan fingerprint density at radius 1 is 0.297 bits per heavy atom. The lowest BCUT2D eigenvalue weighted by Crippen LogP contribution is -2.30. The summed E-state index contributed by atoms with van der Waals surface area (Å²) >= 11 is 0. The van der Waals surface area contributed by atoms with Gasteiger partial charge in [0.2, 0.25) is 0 Å². The molecule has 0 bridgehead atoms. The Balaban J connectivity index is 5.18. The third-order valence-corrected chi connectivity index (χ3v) is 18.6. The number of carbonyl (C=O) groups is 4. The molecule has 91 heavy (non-hydrogen) atoms. The number of aliphatic hydroxyl groups excluding tert-OH is 1. The van der Waals surface area contributed by atoms with Gasteiger partial charge in [-0.2, -0.15) is 0 Å². The molecule has 3 N–H and O–H groups in total. The minimum Gasteiger partial charge on any atom is -0.462 e. The van der Waals surface area contributed by atoms with Gasteiger partial charge in [-0.1, -0.05) is 318 Å². The molecular formula is C72H140O17P2. The first-order chi connectivity index (χ1) is 43.9. The smallest absolute Gasteiger partial charge is 0.462 e. The van der Waals surface area contributed by atoms with Crippen LogP contribution in [0.15, 0.2) is 0 Å². The zero-order valence-electron chi connectivity index (χ0n) is 59.1. The van der Waals surface area contributed by atoms with Crippen molar-refractivity contribution in [2.75, 3.05) is 39.6 Å². The summed E-state index contributed by atoms with van der Waals surface area (Å²) in [5, 5.41) is 10.6. The van der Waals surface area contributed by atoms with Crippen LogP contribution in [0, 0.1) is 11.8 Å². The zero-order chi connectivity index (χ0) is 67.2. The molecule has 0 aromatic carbocycles. The number of rotatable bonds is 71. The number of hydrogen-bond donors (Lipinski definition) is 3. The summed E-state index contributed by atoms with van der Waals surface area (Å²) in [4.78, 5) is 72.5. The van der Waals surface area contributed by atoms with Gasteiger partial charge in [0.1, 0.15) is 19.3 Å². The van der Waals surface area contributed by atoms with Gasteiger partial charge in [-0.3, -0.25) is 37.3 Å². The Hall–Kier alpha value is -1.94. The molecular weight excluding hydrogens is 1200 g/mol. The number of hydrogen-bond acceptors (Lipinski definition) is 15. The lowest BCUT2D eigenvalue weighted by atomic mass is 10.0. The average molecular weight is 1340 g/mol. The Labute approximate surface area is 556 Å². The molecule has 0 aliphatic heterocycles. The molecule has 17 nitrogen and oxygen atoms in total. The summed E-state index contributed by atoms with van der Waals surface area (Å²) in [5.74, 6) is -0.677. The lowest BCUT2D eigenvalue weighted by molar-refractivity contribution is -0.161. The van der Waals surface area contributed by atoms with Gasteiger partial charge in [0.05, 0.1) is 26.4 Å². The standard InChI is InChI=1S/C72H140O17P2/c1-7-9-11-13-15-17-18-19-20-21-22-23-24-25-30-33-37-44-50-56-71(76)88-67(60-83-70(75)55-49-43-36-32-29-27-26-28-31-34-40-46-52-64(3)4)62-86-90(78,79)84-58-66(73)59-85-91(80,81)87-63-68(61-82-69(74)54-48-42-35-16-14-12-10-8-2)89-72(77)57-51-45-39-38-41-47-53-65(5)6/h64-68,73H,7-63H2,1-6H3,(H,78,79)(H,80,81)/t66-,67-,68-/m1/s1. The van der Waals surface area contributed by atoms with Crippen LogP contribution in [0.1, 0.15) is 369 Å². The van der Waals surface area contributed by atoms with Crippen LogP contribution in [-0.2, 0) is 65.4 Å². The summed E-state index contributed by atoms with van der Waals surface area (Å²) in [5.41, 5.74) is 0. The van der Waals surface area contributed by atoms with E-state index in [2.05, 4.69) is 41.5 Å². The number of phosphoric ester groups is 2. The molecule has 540 valence electrons. The van der Waals surface area contributed by atoms with Crippen molar-refractivity contribution in [3.05, 3.63) is 0 Å². The molecule has 0 fully saturated rings. The van der Waals surface area contributed by atoms with Crippen LogP contribution in [-0.4, -0.2) is 96.7 Å². The second kappa shape index (κ2) is 64.1. The number of aliphatic hydroxyl groups is 1. The molecule has 0 rings (SSSR count). The number of carbonyl (C=O) groups excluding carboxylic acids is 4. The van der Waals surface area contributed by atoms with E-state index in [1.807, 2.05) is 0 Å². The molecule has 2 unspecified atom stereocenters. The second-order valence-corrected chi connectivity index (χ2v) is 29.8. The minimum absolute atomic E-state index is 0.102. The average Bonchev–Trinajstić information content (AvgIpc) is 3.29. The summed E-state index contributed by atoms with van der Waals surface area (Å²) in [7, 11) is -9.90. The summed E-state index contributed by atoms with van der Waals surface area (Å²) in [6.07, 6.45) is 50.3. The summed E-state index contributed by atoms with van der Waals surface area (Å²) < 4.78 is 68.2. The molecule has 0 aromatic heterocycles. The van der Waals surface area contributed by atoms with Gasteiger partial charge >= 0.3 is 39.5 Å². The fraction of sp³-hybridized carbons (Fsp3) is 0.944. The summed E-state index contributed by atoms with van der Waals surface area (Å²) in [6.45, 7) is 9.45. The maximum atomic E-state index is 13.0. The van der Waals surface area contributed by atoms with Crippen LogP contribution in [0.2, 0.25) is 0 Å². The Morgan fingerprint density at radius 3 is 0.747 bits per heavy atom. The van der Waals surface area contributed by atoms with Crippen molar-refractivity contribution < 1.29 is 80.2 Å². The maximum Gasteiger partial charge on any atom is 0.472 e. The quantitative estimate of drug-likeness (QED) is 0.0222. The van der Waals surface area contributed by atoms with Gasteiger partial charge in [-0.05, 0) is 37.5 Å². The van der Waals surface area contributed by atoms with Gasteiger partial charge in [0, 0.05) is 25.7 Å². The van der Waals surface area contributed by atoms with E-state index in [1.165, 1.54) is 180 Å². The first-order valence-corrected chi connectivity index (χ1v) is 40.5. The highest BCUT2D eigenvalue weighted by Gasteiger charge is 2.30. The molecule has 19 heteroatoms. The number of phosphoric acid groups is 2. The molecule has 0 radical (unpaired) electrons. The molecule has 0 aromatic rings. The van der Waals surface area contributed by atoms with Gasteiger partial charge in [0.25, 0.3) is 0 Å². The van der Waals surface area contributed by atoms with Crippen LogP contribution in [0.4, 0.5) is 0 Å². The van der Waals surface area contributed by atoms with Crippen molar-refractivity contribution in [1.29, 1.82) is 0 Å². The molecule has 0 aliphatic rings. The highest BCUT2D eigenvalue weighted by atomic mass is 31.2. The van der Waals surface area contributed by atoms with E-state index in [1.54, 1.807) is 0 Å². The largest absolute Gasteiger partial charge is 0.472 e. The fourth-order valence-electron chi connectivity index (χ4n) is 10.9. The van der Waals surface area contributed by atoms with Gasteiger partial charge in [0.15, 0.2) is 12.2 Å². The third-order valence-electron chi connectivity index (χ3n) is 16.7. The number of unbranched alkanes of at least 4 members (excludes halogenated alkanes) is 41. The van der Waals surface area contributed by atoms with Gasteiger partial charge in [-0.25, -0.2) is 9.13 Å². The first-order valence-electron chi connectivity index (χ1n) is 37.5. The molecule has 0 amide bonds. The predicted octanol–water partition coefficient (Wildman–Crippen LogP) is 20.8. The second-order valence-electron chi connectivity index (χ2n) is 26.9. The van der Waals surface area contributed by atoms with E-state index in [4.69, 9.17) is 37.0 Å². The Kier molecular flexibility index (Phi) is 62.7. The molecule has 0 saturated heterocycles. The minimum atomic E-state index is -4.95. The summed E-state index contributed by atoms with van der Waals surface area (Å²) in [6, 6.07) is 0. The van der Waals surface area contributed by atoms with E-state index in [0.29, 0.717) is 31.6 Å². The van der Waals surface area contributed by atoms with E-state index in [-0.39, 0.29) is 25.7 Å². The van der Waals surface area contributed by atoms with E-state index in [0.717, 1.165) is 102 Å². The van der Waals surface area contributed by atoms with Crippen LogP contribution < -0.4 is 0 Å². The maximum absolute atomic E-state index is 13.0. The molecule has 0 aliphatic carbocycles. The molecule has 0 saturated carbocycles. The van der Waals surface area contributed by atoms with Crippen LogP contribution in [0.3, 0.4) is 0 Å². The number of ether oxygens (including phenoxy) is 4. The van der Waals surface area contributed by atoms with E-state index >= 15 is 0 Å². The van der Waals surface area contributed by atoms with Gasteiger partial charge in [-0.15, -0.1) is 0 Å². The van der Waals surface area contributed by atoms with Crippen molar-refractivity contribution in [2.45, 2.75) is 387 Å². The third kappa shape index (κ3) is 66.5. The molecule has 0 spiro atoms. The Morgan fingerprint density at radius 2 is 0.505 bits per heavy atom. The SMILES string of the molecule is CCCCCCCCCCCCCCCCCCCCCC(=O)O[C@H](COC(=O)CCCCCCCCCCCCCCC(C)C)COP(=O)(O)OC[C@@H](O)COP(=O)(O)OC[C@@H](COC(=O)CCCCCCCCCC)OC(=O)CCCCCCCCC(C)C. The van der Waals surface area contributed by atoms with Crippen LogP contribution >= 0.6 is 15.6 Å². The monoisotopic (exact) mass is 1340 g/mol. The van der Waals surface area contributed by atoms with Gasteiger partial charge < -0.3 is 33.8 Å². The highest BCUT2D eigenvalue weighted by Crippen LogP contribution is 2.45. The fourth-order valence-corrected chi connectivity index (χ4v) is 12.5. The predicted molar refractivity (Wildman–Crippen MR) is 368 cm³/mol. The topological polar surface area (TPSA) is 237 Å². The van der Waals surface area contributed by atoms with Crippen molar-refractivity contribution in [3.63, 3.8) is 0 Å². The Bertz CT molecular complexity index is 1770. The highest BCUT2D eigenvalue weighted by molar-refractivity contribution is 7.47. The van der Waals surface area contributed by atoms with E-state index in [9.17, 15) is 43.2 Å². The lowest BCUT2D eigenvalue weighted by Gasteiger charge is -2.21. The van der Waals surface area contributed by atoms with Crippen molar-refractivity contribution in [2.24, 2.45) is 11.8 Å². The zero-order valence-corrected chi connectivity index (χ0v) is 60.9. The van der Waals surface area contributed by atoms with Crippen LogP contribution in [0.25, 0.3) is 0 Å². The van der Waals surface area contributed by atoms with E-state index < -0.39 is 97.5 Å². The molecule has 0 heterocycles. The first kappa shape index (κ1) is 89.1. The van der Waals surface area contributed by atoms with Crippen molar-refractivity contribution in [1.82, 2.24) is 0 Å². The molecule has 5 atom stereocenters. The van der Waals surface area contributed by atoms with Crippen molar-refractivity contribution >= 4 is 39.5 Å². The normalized spacial score (nSPS) is 14.1. The van der Waals surface area contributed by atoms with Crippen molar-refractivity contribution in [3.8, 4) is 0 Å². The number of esters is 4.